The van der Waals surface area contributed by atoms with Gasteiger partial charge in [-0.15, -0.1) is 4.40 Å². The summed E-state index contributed by atoms with van der Waals surface area (Å²) in [5.74, 6) is 0.238. The molecule has 3 fully saturated rings. The Kier molecular flexibility index (Phi) is 5.13. The van der Waals surface area contributed by atoms with Gasteiger partial charge >= 0.3 is 0 Å². The van der Waals surface area contributed by atoms with Crippen LogP contribution in [0.25, 0.3) is 0 Å². The molecule has 1 aromatic carbocycles. The molecule has 9 nitrogen and oxygen atoms in total. The van der Waals surface area contributed by atoms with Gasteiger partial charge in [-0.2, -0.15) is 8.42 Å². The lowest BCUT2D eigenvalue weighted by atomic mass is 9.77. The van der Waals surface area contributed by atoms with Gasteiger partial charge in [0.1, 0.15) is 16.2 Å². The molecule has 0 aromatic heterocycles. The standard InChI is InChI=1S/C24H29N3O6S2/c1-34(30,31)12-14-4-7-17-18(10-14)35(32,33)26-23(25-17)20-22(28)19-15-5-6-16(11-15)21(19)27(24(20)29)9-8-13-2-3-13/h4,7,10,13,15-16,19,21,28H,2-3,5-6,8-9,11-12H2,1H3,(H,25,26)/t15-,16+,19?,21?/m0/s1. The topological polar surface area (TPSA) is 133 Å². The second-order valence-corrected chi connectivity index (χ2v) is 14.5. The predicted octanol–water partition coefficient (Wildman–Crippen LogP) is 2.61. The molecule has 5 aliphatic rings. The molecule has 2 unspecified atom stereocenters. The molecule has 2 heterocycles. The van der Waals surface area contributed by atoms with Gasteiger partial charge in [-0.1, -0.05) is 18.9 Å². The zero-order valence-electron chi connectivity index (χ0n) is 19.5. The van der Waals surface area contributed by atoms with E-state index in [9.17, 15) is 26.7 Å². The van der Waals surface area contributed by atoms with E-state index in [2.05, 4.69) is 9.71 Å². The van der Waals surface area contributed by atoms with E-state index in [0.717, 1.165) is 31.9 Å². The number of sulfone groups is 1. The average molecular weight is 520 g/mol. The summed E-state index contributed by atoms with van der Waals surface area (Å²) in [7, 11) is -7.57. The molecule has 2 N–H and O–H groups in total. The molecule has 35 heavy (non-hydrogen) atoms. The lowest BCUT2D eigenvalue weighted by Crippen LogP contribution is -2.54. The summed E-state index contributed by atoms with van der Waals surface area (Å²) in [6.07, 6.45) is 7.39. The van der Waals surface area contributed by atoms with Crippen LogP contribution < -0.4 is 5.32 Å². The molecule has 188 valence electrons. The van der Waals surface area contributed by atoms with Gasteiger partial charge in [-0.25, -0.2) is 8.42 Å². The quantitative estimate of drug-likeness (QED) is 0.590. The Morgan fingerprint density at radius 2 is 1.91 bits per heavy atom. The molecular weight excluding hydrogens is 490 g/mol. The number of rotatable bonds is 6. The normalized spacial score (nSPS) is 31.2. The minimum atomic E-state index is -4.22. The van der Waals surface area contributed by atoms with Crippen LogP contribution in [0.4, 0.5) is 5.69 Å². The Morgan fingerprint density at radius 1 is 1.17 bits per heavy atom. The molecule has 0 spiro atoms. The maximum absolute atomic E-state index is 13.7. The van der Waals surface area contributed by atoms with Crippen LogP contribution in [-0.2, 0) is 30.4 Å². The van der Waals surface area contributed by atoms with Crippen molar-refractivity contribution >= 4 is 37.3 Å². The molecule has 2 bridgehead atoms. The van der Waals surface area contributed by atoms with Crippen LogP contribution in [0.5, 0.6) is 0 Å². The first-order valence-electron chi connectivity index (χ1n) is 12.2. The number of hydrogen-bond donors (Lipinski definition) is 2. The highest BCUT2D eigenvalue weighted by Crippen LogP contribution is 2.55. The van der Waals surface area contributed by atoms with Crippen molar-refractivity contribution in [2.75, 3.05) is 18.1 Å². The van der Waals surface area contributed by atoms with Crippen molar-refractivity contribution in [3.05, 3.63) is 35.1 Å². The summed E-state index contributed by atoms with van der Waals surface area (Å²) in [6, 6.07) is 4.29. The number of carbonyl (C=O) groups is 1. The minimum absolute atomic E-state index is 0.0321. The summed E-state index contributed by atoms with van der Waals surface area (Å²) in [4.78, 5) is 15.5. The fourth-order valence-electron chi connectivity index (χ4n) is 6.55. The molecule has 0 saturated heterocycles. The highest BCUT2D eigenvalue weighted by Gasteiger charge is 2.57. The molecule has 3 aliphatic carbocycles. The van der Waals surface area contributed by atoms with Crippen LogP contribution >= 0.6 is 0 Å². The number of aliphatic hydroxyl groups is 1. The number of amides is 1. The van der Waals surface area contributed by atoms with Gasteiger partial charge in [0.25, 0.3) is 15.9 Å². The van der Waals surface area contributed by atoms with Crippen LogP contribution in [0.15, 0.2) is 38.8 Å². The van der Waals surface area contributed by atoms with Crippen LogP contribution in [0.3, 0.4) is 0 Å². The van der Waals surface area contributed by atoms with E-state index < -0.39 is 19.9 Å². The van der Waals surface area contributed by atoms with Crippen molar-refractivity contribution in [3.8, 4) is 0 Å². The van der Waals surface area contributed by atoms with E-state index in [4.69, 9.17) is 0 Å². The summed E-state index contributed by atoms with van der Waals surface area (Å²) in [5.41, 5.74) is 0.492. The number of carbonyl (C=O) groups excluding carboxylic acids is 1. The fourth-order valence-corrected chi connectivity index (χ4v) is 8.51. The van der Waals surface area contributed by atoms with Gasteiger partial charge in [0.2, 0.25) is 0 Å². The largest absolute Gasteiger partial charge is 0.511 e. The molecule has 0 radical (unpaired) electrons. The number of nitrogens with zero attached hydrogens (tertiary/aromatic N) is 2. The molecule has 6 rings (SSSR count). The van der Waals surface area contributed by atoms with E-state index in [0.29, 0.717) is 23.9 Å². The number of hydrogen-bond acceptors (Lipinski definition) is 7. The monoisotopic (exact) mass is 519 g/mol. The number of anilines is 1. The third kappa shape index (κ3) is 3.96. The van der Waals surface area contributed by atoms with Crippen LogP contribution in [0, 0.1) is 23.7 Å². The molecule has 1 amide bonds. The van der Waals surface area contributed by atoms with E-state index in [1.807, 2.05) is 4.90 Å². The van der Waals surface area contributed by atoms with Crippen LogP contribution in [0.1, 0.15) is 44.1 Å². The SMILES string of the molecule is CS(=O)(=O)Cc1ccc2c(c1)S(=O)(=O)N=C(C1=C(O)C3C([C@@H]4CC[C@H]3C4)N(CCC3CC3)C1=O)N2. The predicted molar refractivity (Wildman–Crippen MR) is 130 cm³/mol. The van der Waals surface area contributed by atoms with Crippen molar-refractivity contribution < 1.29 is 26.7 Å². The van der Waals surface area contributed by atoms with Crippen molar-refractivity contribution in [3.63, 3.8) is 0 Å². The number of sulfonamides is 1. The van der Waals surface area contributed by atoms with Crippen LogP contribution in [0.2, 0.25) is 0 Å². The zero-order chi connectivity index (χ0) is 24.7. The third-order valence-corrected chi connectivity index (χ3v) is 10.4. The van der Waals surface area contributed by atoms with Gasteiger partial charge in [0.05, 0.1) is 11.4 Å². The van der Waals surface area contributed by atoms with Gasteiger partial charge in [0.15, 0.2) is 15.7 Å². The highest BCUT2D eigenvalue weighted by atomic mass is 32.2. The van der Waals surface area contributed by atoms with Crippen molar-refractivity contribution in [1.29, 1.82) is 0 Å². The van der Waals surface area contributed by atoms with E-state index in [1.54, 1.807) is 0 Å². The highest BCUT2D eigenvalue weighted by molar-refractivity contribution is 7.90. The van der Waals surface area contributed by atoms with E-state index in [-0.39, 0.29) is 57.3 Å². The summed E-state index contributed by atoms with van der Waals surface area (Å²) in [5, 5.41) is 14.3. The van der Waals surface area contributed by atoms with Gasteiger partial charge in [-0.3, -0.25) is 4.79 Å². The Bertz CT molecular complexity index is 1390. The first kappa shape index (κ1) is 23.0. The Balaban J connectivity index is 1.39. The van der Waals surface area contributed by atoms with Crippen molar-refractivity contribution in [1.82, 2.24) is 4.90 Å². The van der Waals surface area contributed by atoms with Crippen molar-refractivity contribution in [2.24, 2.45) is 28.1 Å². The second-order valence-electron chi connectivity index (χ2n) is 10.8. The Hall–Kier alpha value is -2.40. The number of amidine groups is 1. The summed E-state index contributed by atoms with van der Waals surface area (Å²) in [6.45, 7) is 0.607. The number of benzene rings is 1. The molecular formula is C24H29N3O6S2. The first-order valence-corrected chi connectivity index (χ1v) is 15.7. The molecule has 3 saturated carbocycles. The minimum Gasteiger partial charge on any atom is -0.511 e. The number of nitrogens with one attached hydrogen (secondary N) is 1. The maximum atomic E-state index is 13.7. The van der Waals surface area contributed by atoms with E-state index in [1.165, 1.54) is 31.0 Å². The smallest absolute Gasteiger partial charge is 0.286 e. The molecule has 1 aromatic rings. The fraction of sp³-hybridized carbons (Fsp3) is 0.583. The molecule has 4 atom stereocenters. The Labute approximate surface area is 205 Å². The third-order valence-electron chi connectivity index (χ3n) is 8.21. The zero-order valence-corrected chi connectivity index (χ0v) is 21.1. The second kappa shape index (κ2) is 7.80. The Morgan fingerprint density at radius 3 is 2.63 bits per heavy atom. The van der Waals surface area contributed by atoms with Gasteiger partial charge < -0.3 is 15.3 Å². The summed E-state index contributed by atoms with van der Waals surface area (Å²) >= 11 is 0. The lowest BCUT2D eigenvalue weighted by Gasteiger charge is -2.44. The number of aliphatic hydroxyl groups excluding tert-OH is 1. The summed E-state index contributed by atoms with van der Waals surface area (Å²) < 4.78 is 53.5. The molecule has 11 heteroatoms. The lowest BCUT2D eigenvalue weighted by molar-refractivity contribution is -0.133. The number of fused-ring (bicyclic) bond motifs is 6. The van der Waals surface area contributed by atoms with Gasteiger partial charge in [-0.05, 0) is 61.1 Å². The van der Waals surface area contributed by atoms with Crippen LogP contribution in [-0.4, -0.2) is 57.4 Å². The maximum Gasteiger partial charge on any atom is 0.286 e. The van der Waals surface area contributed by atoms with Gasteiger partial charge in [0, 0.05) is 24.8 Å². The average Bonchev–Trinajstić information content (AvgIpc) is 3.36. The van der Waals surface area contributed by atoms with Crippen molar-refractivity contribution in [2.45, 2.75) is 55.2 Å². The first-order chi connectivity index (χ1) is 16.5. The molecule has 2 aliphatic heterocycles. The van der Waals surface area contributed by atoms with E-state index >= 15 is 0 Å².